The van der Waals surface area contributed by atoms with E-state index >= 15 is 0 Å². The quantitative estimate of drug-likeness (QED) is 0.582. The second-order valence-electron chi connectivity index (χ2n) is 5.51. The summed E-state index contributed by atoms with van der Waals surface area (Å²) in [7, 11) is -3.81. The van der Waals surface area contributed by atoms with Gasteiger partial charge in [-0.1, -0.05) is 17.7 Å². The van der Waals surface area contributed by atoms with Gasteiger partial charge >= 0.3 is 5.97 Å². The molecule has 0 amide bonds. The molecule has 0 bridgehead atoms. The summed E-state index contributed by atoms with van der Waals surface area (Å²) in [6.07, 6.45) is 0.0718. The molecule has 1 heterocycles. The lowest BCUT2D eigenvalue weighted by Crippen LogP contribution is -2.34. The Morgan fingerprint density at radius 1 is 1.30 bits per heavy atom. The van der Waals surface area contributed by atoms with E-state index in [0.29, 0.717) is 26.1 Å². The molecule has 6 nitrogen and oxygen atoms in total. The Bertz CT molecular complexity index is 622. The standard InChI is InChI=1S/C16H22O6S/c1-3-20-16(17)11-14-10-13(8-9-21-14)22-23(18,19)15-6-4-12(2)5-7-15/h4-7,13-14H,3,8-11H2,1-2H3/t13-,14+/m0/s1. The Balaban J connectivity index is 1.96. The van der Waals surface area contributed by atoms with Crippen molar-refractivity contribution in [2.75, 3.05) is 13.2 Å². The Labute approximate surface area is 136 Å². The molecule has 1 fully saturated rings. The van der Waals surface area contributed by atoms with E-state index in [2.05, 4.69) is 0 Å². The number of carbonyl (C=O) groups is 1. The monoisotopic (exact) mass is 342 g/mol. The van der Waals surface area contributed by atoms with Gasteiger partial charge in [-0.15, -0.1) is 0 Å². The van der Waals surface area contributed by atoms with Gasteiger partial charge in [0.25, 0.3) is 10.1 Å². The van der Waals surface area contributed by atoms with E-state index in [4.69, 9.17) is 13.7 Å². The van der Waals surface area contributed by atoms with E-state index in [1.54, 1.807) is 19.1 Å². The average Bonchev–Trinajstić information content (AvgIpc) is 2.47. The van der Waals surface area contributed by atoms with Crippen LogP contribution in [-0.2, 0) is 28.6 Å². The number of aryl methyl sites for hydroxylation is 1. The molecule has 0 spiro atoms. The summed E-state index contributed by atoms with van der Waals surface area (Å²) < 4.78 is 40.3. The number of esters is 1. The van der Waals surface area contributed by atoms with Gasteiger partial charge in [0, 0.05) is 13.0 Å². The smallest absolute Gasteiger partial charge is 0.308 e. The topological polar surface area (TPSA) is 78.9 Å². The molecule has 2 rings (SSSR count). The fourth-order valence-electron chi connectivity index (χ4n) is 2.42. The molecule has 0 saturated carbocycles. The minimum absolute atomic E-state index is 0.109. The van der Waals surface area contributed by atoms with Crippen molar-refractivity contribution in [1.82, 2.24) is 0 Å². The molecule has 0 radical (unpaired) electrons. The van der Waals surface area contributed by atoms with Crippen LogP contribution in [-0.4, -0.2) is 39.8 Å². The Morgan fingerprint density at radius 3 is 2.65 bits per heavy atom. The van der Waals surface area contributed by atoms with E-state index in [-0.39, 0.29) is 23.4 Å². The van der Waals surface area contributed by atoms with Crippen LogP contribution in [0.4, 0.5) is 0 Å². The van der Waals surface area contributed by atoms with Gasteiger partial charge in [0.05, 0.1) is 30.1 Å². The number of rotatable bonds is 6. The molecule has 1 aliphatic rings. The Kier molecular flexibility index (Phi) is 6.15. The summed E-state index contributed by atoms with van der Waals surface area (Å²) in [5.74, 6) is -0.348. The molecule has 0 unspecified atom stereocenters. The molecular formula is C16H22O6S. The first-order valence-corrected chi connectivity index (χ1v) is 9.08. The van der Waals surface area contributed by atoms with Crippen LogP contribution < -0.4 is 0 Å². The molecule has 1 aliphatic heterocycles. The van der Waals surface area contributed by atoms with Crippen LogP contribution in [0.1, 0.15) is 31.7 Å². The maximum absolute atomic E-state index is 12.3. The zero-order chi connectivity index (χ0) is 16.9. The predicted molar refractivity (Wildman–Crippen MR) is 83.5 cm³/mol. The summed E-state index contributed by atoms with van der Waals surface area (Å²) in [4.78, 5) is 11.6. The second kappa shape index (κ2) is 7.90. The molecule has 1 aromatic carbocycles. The van der Waals surface area contributed by atoms with Crippen molar-refractivity contribution in [3.63, 3.8) is 0 Å². The van der Waals surface area contributed by atoms with Gasteiger partial charge < -0.3 is 9.47 Å². The maximum Gasteiger partial charge on any atom is 0.308 e. The minimum atomic E-state index is -3.81. The summed E-state index contributed by atoms with van der Waals surface area (Å²) in [5, 5.41) is 0. The SMILES string of the molecule is CCOC(=O)C[C@H]1C[C@@H](OS(=O)(=O)c2ccc(C)cc2)CCO1. The molecule has 0 aromatic heterocycles. The number of carbonyl (C=O) groups excluding carboxylic acids is 1. The number of benzene rings is 1. The third kappa shape index (κ3) is 5.30. The number of ether oxygens (including phenoxy) is 2. The molecule has 0 aliphatic carbocycles. The van der Waals surface area contributed by atoms with E-state index in [1.165, 1.54) is 12.1 Å². The minimum Gasteiger partial charge on any atom is -0.466 e. The molecule has 0 N–H and O–H groups in total. The molecule has 1 aromatic rings. The van der Waals surface area contributed by atoms with E-state index < -0.39 is 16.2 Å². The summed E-state index contributed by atoms with van der Waals surface area (Å²) in [5.41, 5.74) is 0.976. The van der Waals surface area contributed by atoms with Crippen LogP contribution in [0.25, 0.3) is 0 Å². The van der Waals surface area contributed by atoms with Crippen LogP contribution >= 0.6 is 0 Å². The lowest BCUT2D eigenvalue weighted by Gasteiger charge is -2.28. The summed E-state index contributed by atoms with van der Waals surface area (Å²) in [6.45, 7) is 4.29. The van der Waals surface area contributed by atoms with Crippen molar-refractivity contribution in [3.05, 3.63) is 29.8 Å². The van der Waals surface area contributed by atoms with Crippen LogP contribution in [0.3, 0.4) is 0 Å². The number of hydrogen-bond donors (Lipinski definition) is 0. The zero-order valence-electron chi connectivity index (χ0n) is 13.4. The lowest BCUT2D eigenvalue weighted by atomic mass is 10.0. The van der Waals surface area contributed by atoms with Gasteiger partial charge in [-0.25, -0.2) is 0 Å². The van der Waals surface area contributed by atoms with Crippen molar-refractivity contribution >= 4 is 16.1 Å². The van der Waals surface area contributed by atoms with Crippen molar-refractivity contribution in [2.45, 2.75) is 50.2 Å². The van der Waals surface area contributed by atoms with Crippen molar-refractivity contribution in [1.29, 1.82) is 0 Å². The first kappa shape index (κ1) is 17.9. The zero-order valence-corrected chi connectivity index (χ0v) is 14.2. The fraction of sp³-hybridized carbons (Fsp3) is 0.562. The van der Waals surface area contributed by atoms with E-state index in [1.807, 2.05) is 6.92 Å². The molecule has 23 heavy (non-hydrogen) atoms. The molecule has 2 atom stereocenters. The van der Waals surface area contributed by atoms with Gasteiger partial charge in [-0.3, -0.25) is 8.98 Å². The molecule has 1 saturated heterocycles. The molecule has 128 valence electrons. The fourth-order valence-corrected chi connectivity index (χ4v) is 3.53. The molecule has 7 heteroatoms. The van der Waals surface area contributed by atoms with Gasteiger partial charge in [0.15, 0.2) is 0 Å². The van der Waals surface area contributed by atoms with Crippen LogP contribution in [0.15, 0.2) is 29.2 Å². The highest BCUT2D eigenvalue weighted by Gasteiger charge is 2.30. The van der Waals surface area contributed by atoms with Crippen molar-refractivity contribution in [2.24, 2.45) is 0 Å². The van der Waals surface area contributed by atoms with Gasteiger partial charge in [0.1, 0.15) is 0 Å². The Morgan fingerprint density at radius 2 is 2.00 bits per heavy atom. The lowest BCUT2D eigenvalue weighted by molar-refractivity contribution is -0.148. The summed E-state index contributed by atoms with van der Waals surface area (Å²) in [6, 6.07) is 6.51. The van der Waals surface area contributed by atoms with Crippen molar-refractivity contribution < 1.29 is 26.9 Å². The predicted octanol–water partition coefficient (Wildman–Crippen LogP) is 2.20. The van der Waals surface area contributed by atoms with Gasteiger partial charge in [0.2, 0.25) is 0 Å². The highest BCUT2D eigenvalue weighted by Crippen LogP contribution is 2.24. The molecular weight excluding hydrogens is 320 g/mol. The maximum atomic E-state index is 12.3. The number of hydrogen-bond acceptors (Lipinski definition) is 6. The van der Waals surface area contributed by atoms with E-state index in [0.717, 1.165) is 5.56 Å². The average molecular weight is 342 g/mol. The van der Waals surface area contributed by atoms with Crippen LogP contribution in [0.5, 0.6) is 0 Å². The van der Waals surface area contributed by atoms with Crippen LogP contribution in [0.2, 0.25) is 0 Å². The summed E-state index contributed by atoms with van der Waals surface area (Å²) >= 11 is 0. The van der Waals surface area contributed by atoms with Crippen molar-refractivity contribution in [3.8, 4) is 0 Å². The second-order valence-corrected chi connectivity index (χ2v) is 7.08. The van der Waals surface area contributed by atoms with E-state index in [9.17, 15) is 13.2 Å². The highest BCUT2D eigenvalue weighted by molar-refractivity contribution is 7.86. The third-order valence-corrected chi connectivity index (χ3v) is 4.97. The Hall–Kier alpha value is -1.44. The highest BCUT2D eigenvalue weighted by atomic mass is 32.2. The largest absolute Gasteiger partial charge is 0.466 e. The van der Waals surface area contributed by atoms with Crippen LogP contribution in [0, 0.1) is 6.92 Å². The third-order valence-electron chi connectivity index (χ3n) is 3.59. The van der Waals surface area contributed by atoms with Gasteiger partial charge in [-0.05, 0) is 32.4 Å². The first-order chi connectivity index (χ1) is 10.9. The van der Waals surface area contributed by atoms with Gasteiger partial charge in [-0.2, -0.15) is 8.42 Å². The normalized spacial score (nSPS) is 21.8. The first-order valence-electron chi connectivity index (χ1n) is 7.68.